The highest BCUT2D eigenvalue weighted by atomic mass is 32.2. The largest absolute Gasteiger partial charge is 0.409 e. The Hall–Kier alpha value is -0.820. The zero-order valence-corrected chi connectivity index (χ0v) is 12.8. The monoisotopic (exact) mass is 291 g/mol. The van der Waals surface area contributed by atoms with E-state index < -0.39 is 9.84 Å². The van der Waals surface area contributed by atoms with Crippen LogP contribution >= 0.6 is 0 Å². The van der Waals surface area contributed by atoms with Crippen molar-refractivity contribution >= 4 is 15.7 Å². The third-order valence-corrected chi connectivity index (χ3v) is 5.65. The van der Waals surface area contributed by atoms with E-state index in [-0.39, 0.29) is 28.8 Å². The Labute approximate surface area is 115 Å². The van der Waals surface area contributed by atoms with Crippen molar-refractivity contribution in [2.24, 2.45) is 16.3 Å². The minimum Gasteiger partial charge on any atom is -0.409 e. The van der Waals surface area contributed by atoms with E-state index in [0.717, 1.165) is 19.4 Å². The lowest BCUT2D eigenvalue weighted by Gasteiger charge is -2.34. The van der Waals surface area contributed by atoms with Crippen LogP contribution in [0.5, 0.6) is 0 Å². The average molecular weight is 291 g/mol. The van der Waals surface area contributed by atoms with E-state index in [1.165, 1.54) is 0 Å². The molecule has 3 N–H and O–H groups in total. The maximum Gasteiger partial charge on any atom is 0.153 e. The molecule has 0 aromatic rings. The summed E-state index contributed by atoms with van der Waals surface area (Å²) in [4.78, 5) is 2.20. The van der Waals surface area contributed by atoms with Gasteiger partial charge in [-0.25, -0.2) is 8.42 Å². The van der Waals surface area contributed by atoms with E-state index in [1.54, 1.807) is 0 Å². The minimum atomic E-state index is -2.85. The average Bonchev–Trinajstić information content (AvgIpc) is 2.30. The molecule has 0 spiro atoms. The Morgan fingerprint density at radius 3 is 2.68 bits per heavy atom. The van der Waals surface area contributed by atoms with Gasteiger partial charge in [0.25, 0.3) is 0 Å². The van der Waals surface area contributed by atoms with Gasteiger partial charge in [0.2, 0.25) is 0 Å². The van der Waals surface area contributed by atoms with Gasteiger partial charge in [0.1, 0.15) is 5.84 Å². The molecular weight excluding hydrogens is 266 g/mol. The smallest absolute Gasteiger partial charge is 0.153 e. The number of nitrogens with two attached hydrogens (primary N) is 1. The summed E-state index contributed by atoms with van der Waals surface area (Å²) in [5, 5.41) is 11.8. The number of sulfone groups is 1. The van der Waals surface area contributed by atoms with Crippen LogP contribution in [-0.4, -0.2) is 55.0 Å². The standard InChI is InChI=1S/C12H25N3O3S/c1-10-9-19(17,18)8-7-15(10)6-4-5-12(2,3)11(13)14-16/h10,16H,4-9H2,1-3H3,(H2,13,14). The number of amidine groups is 1. The van der Waals surface area contributed by atoms with E-state index in [2.05, 4.69) is 10.1 Å². The Bertz CT molecular complexity index is 432. The summed E-state index contributed by atoms with van der Waals surface area (Å²) in [5.41, 5.74) is 5.31. The maximum absolute atomic E-state index is 11.5. The van der Waals surface area contributed by atoms with Crippen LogP contribution in [0.25, 0.3) is 0 Å². The normalized spacial score (nSPS) is 25.4. The highest BCUT2D eigenvalue weighted by Gasteiger charge is 2.29. The number of hydrogen-bond donors (Lipinski definition) is 2. The Kier molecular flexibility index (Phi) is 5.20. The molecule has 1 atom stereocenters. The van der Waals surface area contributed by atoms with Gasteiger partial charge in [0.15, 0.2) is 9.84 Å². The number of oxime groups is 1. The summed E-state index contributed by atoms with van der Waals surface area (Å²) in [6.07, 6.45) is 1.70. The van der Waals surface area contributed by atoms with E-state index in [1.807, 2.05) is 20.8 Å². The summed E-state index contributed by atoms with van der Waals surface area (Å²) in [5.74, 6) is 0.735. The summed E-state index contributed by atoms with van der Waals surface area (Å²) >= 11 is 0. The van der Waals surface area contributed by atoms with Crippen LogP contribution in [0.2, 0.25) is 0 Å². The lowest BCUT2D eigenvalue weighted by molar-refractivity contribution is 0.214. The number of nitrogens with zero attached hydrogens (tertiary/aromatic N) is 2. The van der Waals surface area contributed by atoms with Crippen LogP contribution in [0.3, 0.4) is 0 Å². The van der Waals surface area contributed by atoms with Gasteiger partial charge in [-0.15, -0.1) is 0 Å². The van der Waals surface area contributed by atoms with Crippen LogP contribution in [0.1, 0.15) is 33.6 Å². The highest BCUT2D eigenvalue weighted by molar-refractivity contribution is 7.91. The van der Waals surface area contributed by atoms with Gasteiger partial charge >= 0.3 is 0 Å². The minimum absolute atomic E-state index is 0.0747. The van der Waals surface area contributed by atoms with Crippen molar-refractivity contribution in [2.45, 2.75) is 39.7 Å². The molecule has 0 radical (unpaired) electrons. The molecule has 0 aromatic heterocycles. The molecule has 1 rings (SSSR count). The molecule has 1 unspecified atom stereocenters. The zero-order valence-electron chi connectivity index (χ0n) is 12.0. The molecule has 1 aliphatic rings. The Morgan fingerprint density at radius 2 is 2.16 bits per heavy atom. The predicted octanol–water partition coefficient (Wildman–Crippen LogP) is 0.658. The molecule has 0 amide bonds. The van der Waals surface area contributed by atoms with E-state index >= 15 is 0 Å². The van der Waals surface area contributed by atoms with Gasteiger partial charge in [-0.1, -0.05) is 19.0 Å². The Balaban J connectivity index is 2.42. The van der Waals surface area contributed by atoms with E-state index in [4.69, 9.17) is 10.9 Å². The fourth-order valence-corrected chi connectivity index (χ4v) is 3.98. The number of hydrogen-bond acceptors (Lipinski definition) is 5. The molecule has 0 saturated carbocycles. The Morgan fingerprint density at radius 1 is 1.53 bits per heavy atom. The molecule has 1 fully saturated rings. The fourth-order valence-electron chi connectivity index (χ4n) is 2.35. The third kappa shape index (κ3) is 4.65. The van der Waals surface area contributed by atoms with Crippen molar-refractivity contribution in [3.05, 3.63) is 0 Å². The molecule has 0 bridgehead atoms. The van der Waals surface area contributed by atoms with Crippen molar-refractivity contribution in [2.75, 3.05) is 24.6 Å². The summed E-state index contributed by atoms with van der Waals surface area (Å²) < 4.78 is 23.0. The molecular formula is C12H25N3O3S. The summed E-state index contributed by atoms with van der Waals surface area (Å²) in [6, 6.07) is 0.0747. The predicted molar refractivity (Wildman–Crippen MR) is 76.1 cm³/mol. The van der Waals surface area contributed by atoms with Crippen LogP contribution in [0.4, 0.5) is 0 Å². The first-order valence-electron chi connectivity index (χ1n) is 6.60. The third-order valence-electron chi connectivity index (χ3n) is 3.86. The molecule has 6 nitrogen and oxygen atoms in total. The first-order chi connectivity index (χ1) is 8.68. The first-order valence-corrected chi connectivity index (χ1v) is 8.42. The van der Waals surface area contributed by atoms with Gasteiger partial charge < -0.3 is 10.9 Å². The topological polar surface area (TPSA) is 96.0 Å². The quantitative estimate of drug-likeness (QED) is 0.336. The molecule has 1 heterocycles. The maximum atomic E-state index is 11.5. The van der Waals surface area contributed by atoms with Crippen molar-refractivity contribution in [1.29, 1.82) is 0 Å². The van der Waals surface area contributed by atoms with Gasteiger partial charge in [-0.3, -0.25) is 4.90 Å². The van der Waals surface area contributed by atoms with Gasteiger partial charge in [0, 0.05) is 18.0 Å². The lowest BCUT2D eigenvalue weighted by Crippen LogP contribution is -2.47. The highest BCUT2D eigenvalue weighted by Crippen LogP contribution is 2.23. The lowest BCUT2D eigenvalue weighted by atomic mass is 9.86. The molecule has 1 saturated heterocycles. The second kappa shape index (κ2) is 6.09. The van der Waals surface area contributed by atoms with Crippen molar-refractivity contribution in [1.82, 2.24) is 4.90 Å². The first kappa shape index (κ1) is 16.2. The summed E-state index contributed by atoms with van der Waals surface area (Å²) in [6.45, 7) is 7.27. The molecule has 1 aliphatic heterocycles. The van der Waals surface area contributed by atoms with Crippen LogP contribution in [-0.2, 0) is 9.84 Å². The second-order valence-corrected chi connectivity index (χ2v) is 8.20. The van der Waals surface area contributed by atoms with Crippen molar-refractivity contribution in [3.63, 3.8) is 0 Å². The van der Waals surface area contributed by atoms with Crippen LogP contribution in [0, 0.1) is 5.41 Å². The SMILES string of the molecule is CC1CS(=O)(=O)CCN1CCCC(C)(C)C(N)=NO. The second-order valence-electron chi connectivity index (χ2n) is 5.97. The van der Waals surface area contributed by atoms with E-state index in [0.29, 0.717) is 6.54 Å². The molecule has 112 valence electrons. The number of rotatable bonds is 5. The van der Waals surface area contributed by atoms with E-state index in [9.17, 15) is 8.42 Å². The molecule has 0 aliphatic carbocycles. The van der Waals surface area contributed by atoms with Crippen molar-refractivity contribution in [3.8, 4) is 0 Å². The van der Waals surface area contributed by atoms with Gasteiger partial charge in [0.05, 0.1) is 11.5 Å². The van der Waals surface area contributed by atoms with Crippen LogP contribution < -0.4 is 5.73 Å². The molecule has 19 heavy (non-hydrogen) atoms. The zero-order chi connectivity index (χ0) is 14.7. The van der Waals surface area contributed by atoms with Gasteiger partial charge in [-0.2, -0.15) is 0 Å². The molecule has 0 aromatic carbocycles. The fraction of sp³-hybridized carbons (Fsp3) is 0.917. The van der Waals surface area contributed by atoms with Crippen LogP contribution in [0.15, 0.2) is 5.16 Å². The van der Waals surface area contributed by atoms with Crippen molar-refractivity contribution < 1.29 is 13.6 Å². The van der Waals surface area contributed by atoms with Gasteiger partial charge in [-0.05, 0) is 26.3 Å². The molecule has 7 heteroatoms. The summed E-state index contributed by atoms with van der Waals surface area (Å²) in [7, 11) is -2.85.